The van der Waals surface area contributed by atoms with Gasteiger partial charge in [-0.3, -0.25) is 9.48 Å². The Hall–Kier alpha value is -2.68. The number of thiophene rings is 1. The first kappa shape index (κ1) is 19.6. The molecule has 0 saturated carbocycles. The fraction of sp³-hybridized carbons (Fsp3) is 0.412. The number of anilines is 1. The van der Waals surface area contributed by atoms with E-state index in [9.17, 15) is 14.4 Å². The molecule has 0 radical (unpaired) electrons. The highest BCUT2D eigenvalue weighted by atomic mass is 32.1. The van der Waals surface area contributed by atoms with Gasteiger partial charge in [0, 0.05) is 12.7 Å². The molecule has 1 N–H and O–H groups in total. The van der Waals surface area contributed by atoms with Crippen LogP contribution in [0.5, 0.6) is 0 Å². The lowest BCUT2D eigenvalue weighted by atomic mass is 10.1. The third kappa shape index (κ3) is 4.10. The topological polar surface area (TPSA) is 99.5 Å². The molecule has 0 aliphatic rings. The first-order valence-electron chi connectivity index (χ1n) is 8.16. The van der Waals surface area contributed by atoms with Crippen molar-refractivity contribution in [1.29, 1.82) is 0 Å². The van der Waals surface area contributed by atoms with Crippen LogP contribution in [-0.4, -0.2) is 41.3 Å². The third-order valence-electron chi connectivity index (χ3n) is 3.58. The summed E-state index contributed by atoms with van der Waals surface area (Å²) in [6.45, 7) is 6.28. The van der Waals surface area contributed by atoms with Crippen molar-refractivity contribution in [3.63, 3.8) is 0 Å². The molecule has 2 aromatic heterocycles. The lowest BCUT2D eigenvalue weighted by molar-refractivity contribution is 0.0506. The second-order valence-electron chi connectivity index (χ2n) is 5.40. The van der Waals surface area contributed by atoms with Crippen LogP contribution in [0.25, 0.3) is 0 Å². The third-order valence-corrected chi connectivity index (χ3v) is 4.77. The van der Waals surface area contributed by atoms with Gasteiger partial charge in [-0.05, 0) is 31.9 Å². The lowest BCUT2D eigenvalue weighted by Gasteiger charge is -2.07. The van der Waals surface area contributed by atoms with Crippen molar-refractivity contribution in [2.24, 2.45) is 0 Å². The summed E-state index contributed by atoms with van der Waals surface area (Å²) in [7, 11) is 1.26. The predicted octanol–water partition coefficient (Wildman–Crippen LogP) is 2.88. The van der Waals surface area contributed by atoms with Gasteiger partial charge < -0.3 is 14.8 Å². The van der Waals surface area contributed by atoms with Crippen LogP contribution in [0.2, 0.25) is 0 Å². The molecule has 0 aliphatic heterocycles. The Bertz CT molecular complexity index is 824. The molecule has 2 aromatic rings. The maximum Gasteiger partial charge on any atom is 0.348 e. The van der Waals surface area contributed by atoms with Gasteiger partial charge in [0.15, 0.2) is 5.69 Å². The summed E-state index contributed by atoms with van der Waals surface area (Å²) >= 11 is 0.974. The zero-order chi connectivity index (χ0) is 19.3. The first-order chi connectivity index (χ1) is 12.4. The van der Waals surface area contributed by atoms with E-state index in [-0.39, 0.29) is 27.7 Å². The van der Waals surface area contributed by atoms with Crippen LogP contribution in [0.3, 0.4) is 0 Å². The summed E-state index contributed by atoms with van der Waals surface area (Å²) < 4.78 is 11.5. The molecule has 140 valence electrons. The second kappa shape index (κ2) is 8.61. The molecule has 2 rings (SSSR count). The molecular weight excluding hydrogens is 358 g/mol. The Morgan fingerprint density at radius 2 is 2.00 bits per heavy atom. The molecule has 0 spiro atoms. The number of amides is 1. The van der Waals surface area contributed by atoms with Crippen molar-refractivity contribution in [2.45, 2.75) is 33.7 Å². The van der Waals surface area contributed by atoms with Gasteiger partial charge in [0.25, 0.3) is 5.91 Å². The van der Waals surface area contributed by atoms with E-state index >= 15 is 0 Å². The maximum absolute atomic E-state index is 12.4. The molecule has 0 unspecified atom stereocenters. The molecule has 0 saturated heterocycles. The van der Waals surface area contributed by atoms with E-state index in [4.69, 9.17) is 9.47 Å². The molecule has 8 nitrogen and oxygen atoms in total. The highest BCUT2D eigenvalue weighted by Gasteiger charge is 2.27. The Morgan fingerprint density at radius 1 is 1.27 bits per heavy atom. The van der Waals surface area contributed by atoms with Gasteiger partial charge in [-0.15, -0.1) is 11.3 Å². The van der Waals surface area contributed by atoms with Crippen LogP contribution < -0.4 is 5.32 Å². The van der Waals surface area contributed by atoms with Crippen LogP contribution in [0, 0.1) is 6.92 Å². The van der Waals surface area contributed by atoms with Crippen molar-refractivity contribution >= 4 is 34.2 Å². The molecule has 1 amide bonds. The van der Waals surface area contributed by atoms with E-state index < -0.39 is 17.8 Å². The van der Waals surface area contributed by atoms with Gasteiger partial charge in [-0.25, -0.2) is 9.59 Å². The average molecular weight is 379 g/mol. The Labute approximate surface area is 155 Å². The molecule has 26 heavy (non-hydrogen) atoms. The fourth-order valence-electron chi connectivity index (χ4n) is 2.23. The Kier molecular flexibility index (Phi) is 6.51. The Morgan fingerprint density at radius 3 is 2.58 bits per heavy atom. The van der Waals surface area contributed by atoms with Gasteiger partial charge in [-0.2, -0.15) is 5.10 Å². The number of esters is 2. The van der Waals surface area contributed by atoms with Crippen LogP contribution in [0.4, 0.5) is 5.00 Å². The van der Waals surface area contributed by atoms with Crippen LogP contribution in [0.15, 0.2) is 12.3 Å². The second-order valence-corrected chi connectivity index (χ2v) is 6.42. The van der Waals surface area contributed by atoms with Crippen molar-refractivity contribution in [3.8, 4) is 0 Å². The minimum atomic E-state index is -0.592. The van der Waals surface area contributed by atoms with Crippen molar-refractivity contribution in [3.05, 3.63) is 34.0 Å². The summed E-state index contributed by atoms with van der Waals surface area (Å²) in [5.74, 6) is -1.64. The molecular formula is C17H21N3O5S. The summed E-state index contributed by atoms with van der Waals surface area (Å²) in [6, 6.07) is 1.58. The fourth-order valence-corrected chi connectivity index (χ4v) is 3.34. The number of hydrogen-bond donors (Lipinski definition) is 1. The summed E-state index contributed by atoms with van der Waals surface area (Å²) in [5.41, 5.74) is 0.787. The maximum atomic E-state index is 12.4. The van der Waals surface area contributed by atoms with Crippen molar-refractivity contribution in [2.75, 3.05) is 19.0 Å². The zero-order valence-corrected chi connectivity index (χ0v) is 15.9. The van der Waals surface area contributed by atoms with E-state index in [1.54, 1.807) is 23.9 Å². The van der Waals surface area contributed by atoms with Gasteiger partial charge in [0.05, 0.1) is 19.3 Å². The van der Waals surface area contributed by atoms with Crippen LogP contribution in [0.1, 0.15) is 56.3 Å². The highest BCUT2D eigenvalue weighted by Crippen LogP contribution is 2.34. The van der Waals surface area contributed by atoms with E-state index in [1.807, 2.05) is 13.8 Å². The van der Waals surface area contributed by atoms with E-state index in [0.717, 1.165) is 11.3 Å². The standard InChI is InChI=1S/C17H21N3O5S/c1-5-9-25-16(22)12-10(3)13(17(23)24-4)26-15(12)18-14(21)11-7-8-20(6-2)19-11/h7-8H,5-6,9H2,1-4H3,(H,18,21). The molecule has 0 fully saturated rings. The smallest absolute Gasteiger partial charge is 0.348 e. The van der Waals surface area contributed by atoms with E-state index in [2.05, 4.69) is 10.4 Å². The normalized spacial score (nSPS) is 10.5. The number of rotatable bonds is 7. The van der Waals surface area contributed by atoms with E-state index in [1.165, 1.54) is 7.11 Å². The van der Waals surface area contributed by atoms with Gasteiger partial charge in [-0.1, -0.05) is 6.92 Å². The number of ether oxygens (including phenoxy) is 2. The number of carbonyl (C=O) groups is 3. The van der Waals surface area contributed by atoms with Gasteiger partial charge in [0.1, 0.15) is 9.88 Å². The first-order valence-corrected chi connectivity index (χ1v) is 8.98. The van der Waals surface area contributed by atoms with Gasteiger partial charge in [0.2, 0.25) is 0 Å². The molecule has 0 bridgehead atoms. The molecule has 2 heterocycles. The average Bonchev–Trinajstić information content (AvgIpc) is 3.24. The predicted molar refractivity (Wildman–Crippen MR) is 96.8 cm³/mol. The number of aryl methyl sites for hydroxylation is 1. The molecule has 0 aromatic carbocycles. The number of methoxy groups -OCH3 is 1. The highest BCUT2D eigenvalue weighted by molar-refractivity contribution is 7.18. The number of nitrogens with one attached hydrogen (secondary N) is 1. The van der Waals surface area contributed by atoms with Crippen LogP contribution in [-0.2, 0) is 16.0 Å². The Balaban J connectivity index is 2.37. The number of nitrogens with zero attached hydrogens (tertiary/aromatic N) is 2. The molecule has 9 heteroatoms. The number of carbonyl (C=O) groups excluding carboxylic acids is 3. The van der Waals surface area contributed by atoms with Gasteiger partial charge >= 0.3 is 11.9 Å². The lowest BCUT2D eigenvalue weighted by Crippen LogP contribution is -2.16. The zero-order valence-electron chi connectivity index (χ0n) is 15.1. The van der Waals surface area contributed by atoms with E-state index in [0.29, 0.717) is 18.5 Å². The summed E-state index contributed by atoms with van der Waals surface area (Å²) in [6.07, 6.45) is 2.35. The minimum absolute atomic E-state index is 0.159. The largest absolute Gasteiger partial charge is 0.465 e. The number of aromatic nitrogens is 2. The monoisotopic (exact) mass is 379 g/mol. The van der Waals surface area contributed by atoms with Crippen molar-refractivity contribution < 1.29 is 23.9 Å². The molecule has 0 aliphatic carbocycles. The minimum Gasteiger partial charge on any atom is -0.465 e. The SMILES string of the molecule is CCCOC(=O)c1c(NC(=O)c2ccn(CC)n2)sc(C(=O)OC)c1C. The van der Waals surface area contributed by atoms with Crippen molar-refractivity contribution in [1.82, 2.24) is 9.78 Å². The molecule has 0 atom stereocenters. The van der Waals surface area contributed by atoms with Crippen LogP contribution >= 0.6 is 11.3 Å². The number of hydrogen-bond acceptors (Lipinski definition) is 7. The quantitative estimate of drug-likeness (QED) is 0.743. The summed E-state index contributed by atoms with van der Waals surface area (Å²) in [4.78, 5) is 37.0. The summed E-state index contributed by atoms with van der Waals surface area (Å²) in [5, 5.41) is 7.02.